The van der Waals surface area contributed by atoms with Crippen LogP contribution in [-0.4, -0.2) is 41.9 Å². The van der Waals surface area contributed by atoms with Crippen LogP contribution < -0.4 is 5.32 Å². The predicted molar refractivity (Wildman–Crippen MR) is 85.5 cm³/mol. The average Bonchev–Trinajstić information content (AvgIpc) is 2.48. The van der Waals surface area contributed by atoms with Gasteiger partial charge in [-0.05, 0) is 36.3 Å². The fraction of sp³-hybridized carbons (Fsp3) is 0.600. The molecule has 1 saturated heterocycles. The Morgan fingerprint density at radius 2 is 2.20 bits per heavy atom. The van der Waals surface area contributed by atoms with Crippen LogP contribution in [-0.2, 0) is 11.3 Å². The molecular weight excluding hydrogens is 294 g/mol. The molecule has 1 aromatic carbocycles. The summed E-state index contributed by atoms with van der Waals surface area (Å²) in [6.07, 6.45) is 2.03. The van der Waals surface area contributed by atoms with Crippen molar-refractivity contribution in [1.29, 1.82) is 0 Å². The van der Waals surface area contributed by atoms with Crippen molar-refractivity contribution >= 4 is 23.4 Å². The number of benzene rings is 1. The maximum absolute atomic E-state index is 9.89. The Kier molecular flexibility index (Phi) is 7.17. The summed E-state index contributed by atoms with van der Waals surface area (Å²) in [7, 11) is 0. The van der Waals surface area contributed by atoms with Crippen molar-refractivity contribution in [3.63, 3.8) is 0 Å². The van der Waals surface area contributed by atoms with E-state index in [2.05, 4.69) is 5.32 Å². The lowest BCUT2D eigenvalue weighted by Gasteiger charge is -2.24. The first-order chi connectivity index (χ1) is 9.74. The first-order valence-corrected chi connectivity index (χ1v) is 8.58. The van der Waals surface area contributed by atoms with E-state index in [-0.39, 0.29) is 0 Å². The summed E-state index contributed by atoms with van der Waals surface area (Å²) in [6, 6.07) is 8.11. The van der Waals surface area contributed by atoms with Crippen molar-refractivity contribution < 1.29 is 9.84 Å². The molecule has 1 aliphatic heterocycles. The Morgan fingerprint density at radius 3 is 2.90 bits per heavy atom. The number of hydrogen-bond acceptors (Lipinski definition) is 4. The molecule has 2 N–H and O–H groups in total. The second-order valence-corrected chi connectivity index (χ2v) is 6.70. The van der Waals surface area contributed by atoms with Gasteiger partial charge in [0.2, 0.25) is 0 Å². The van der Waals surface area contributed by atoms with Crippen LogP contribution in [0.1, 0.15) is 18.4 Å². The Labute approximate surface area is 130 Å². The zero-order valence-corrected chi connectivity index (χ0v) is 13.1. The Balaban J connectivity index is 1.57. The second-order valence-electron chi connectivity index (χ2n) is 5.12. The molecule has 20 heavy (non-hydrogen) atoms. The maximum Gasteiger partial charge on any atom is 0.0897 e. The minimum absolute atomic E-state index is 0.357. The smallest absolute Gasteiger partial charge is 0.0897 e. The monoisotopic (exact) mass is 315 g/mol. The van der Waals surface area contributed by atoms with E-state index in [9.17, 15) is 5.11 Å². The van der Waals surface area contributed by atoms with Crippen molar-refractivity contribution in [2.75, 3.05) is 24.7 Å². The summed E-state index contributed by atoms with van der Waals surface area (Å²) in [6.45, 7) is 1.47. The van der Waals surface area contributed by atoms with E-state index in [1.807, 2.05) is 36.0 Å². The molecule has 0 aromatic heterocycles. The molecule has 1 heterocycles. The van der Waals surface area contributed by atoms with E-state index in [0.717, 1.165) is 16.3 Å². The standard InChI is InChI=1S/C15H22ClNO2S/c16-13-5-3-12(4-6-13)9-19-10-15(18)8-17-14-2-1-7-20-11-14/h3-6,14-15,17-18H,1-2,7-11H2. The Bertz CT molecular complexity index is 382. The van der Waals surface area contributed by atoms with Gasteiger partial charge >= 0.3 is 0 Å². The molecule has 2 atom stereocenters. The topological polar surface area (TPSA) is 41.5 Å². The van der Waals surface area contributed by atoms with E-state index in [1.54, 1.807) is 0 Å². The summed E-state index contributed by atoms with van der Waals surface area (Å²) < 4.78 is 5.52. The molecular formula is C15H22ClNO2S. The van der Waals surface area contributed by atoms with Gasteiger partial charge in [0.25, 0.3) is 0 Å². The third kappa shape index (κ3) is 6.02. The highest BCUT2D eigenvalue weighted by Crippen LogP contribution is 2.16. The number of nitrogens with one attached hydrogen (secondary N) is 1. The number of aliphatic hydroxyl groups is 1. The third-order valence-electron chi connectivity index (χ3n) is 3.29. The number of rotatable bonds is 7. The number of thioether (sulfide) groups is 1. The second kappa shape index (κ2) is 8.90. The molecule has 0 amide bonds. The van der Waals surface area contributed by atoms with Crippen molar-refractivity contribution in [1.82, 2.24) is 5.32 Å². The largest absolute Gasteiger partial charge is 0.389 e. The van der Waals surface area contributed by atoms with Crippen molar-refractivity contribution in [3.8, 4) is 0 Å². The highest BCUT2D eigenvalue weighted by atomic mass is 35.5. The SMILES string of the molecule is OC(CNC1CCCSC1)COCc1ccc(Cl)cc1. The van der Waals surface area contributed by atoms with Crippen molar-refractivity contribution in [2.24, 2.45) is 0 Å². The zero-order valence-electron chi connectivity index (χ0n) is 11.6. The van der Waals surface area contributed by atoms with Crippen LogP contribution in [0.25, 0.3) is 0 Å². The van der Waals surface area contributed by atoms with Crippen LogP contribution in [0.15, 0.2) is 24.3 Å². The summed E-state index contributed by atoms with van der Waals surface area (Å²) in [4.78, 5) is 0. The summed E-state index contributed by atoms with van der Waals surface area (Å²) in [5.41, 5.74) is 1.07. The first-order valence-electron chi connectivity index (χ1n) is 7.05. The van der Waals surface area contributed by atoms with Crippen LogP contribution in [0.5, 0.6) is 0 Å². The van der Waals surface area contributed by atoms with Gasteiger partial charge in [-0.2, -0.15) is 11.8 Å². The molecule has 0 radical (unpaired) electrons. The van der Waals surface area contributed by atoms with E-state index >= 15 is 0 Å². The minimum atomic E-state index is -0.450. The van der Waals surface area contributed by atoms with Crippen LogP contribution in [0, 0.1) is 0 Å². The van der Waals surface area contributed by atoms with Crippen molar-refractivity contribution in [3.05, 3.63) is 34.9 Å². The summed E-state index contributed by atoms with van der Waals surface area (Å²) in [5, 5.41) is 14.0. The van der Waals surface area contributed by atoms with Crippen LogP contribution in [0.3, 0.4) is 0 Å². The van der Waals surface area contributed by atoms with Crippen molar-refractivity contribution in [2.45, 2.75) is 31.6 Å². The molecule has 112 valence electrons. The van der Waals surface area contributed by atoms with Crippen LogP contribution in [0.4, 0.5) is 0 Å². The van der Waals surface area contributed by atoms with Gasteiger partial charge in [-0.25, -0.2) is 0 Å². The highest BCUT2D eigenvalue weighted by Gasteiger charge is 2.14. The molecule has 0 spiro atoms. The number of halogens is 1. The van der Waals surface area contributed by atoms with Gasteiger partial charge in [0.15, 0.2) is 0 Å². The molecule has 0 bridgehead atoms. The third-order valence-corrected chi connectivity index (χ3v) is 4.76. The molecule has 1 fully saturated rings. The van der Waals surface area contributed by atoms with Gasteiger partial charge in [0.05, 0.1) is 19.3 Å². The fourth-order valence-electron chi connectivity index (χ4n) is 2.16. The first kappa shape index (κ1) is 16.1. The molecule has 1 aromatic rings. The maximum atomic E-state index is 9.89. The normalized spacial score (nSPS) is 20.8. The van der Waals surface area contributed by atoms with Gasteiger partial charge < -0.3 is 15.2 Å². The van der Waals surface area contributed by atoms with Crippen LogP contribution in [0.2, 0.25) is 5.02 Å². The Hall–Kier alpha value is -0.260. The lowest BCUT2D eigenvalue weighted by Crippen LogP contribution is -2.40. The summed E-state index contributed by atoms with van der Waals surface area (Å²) >= 11 is 7.81. The van der Waals surface area contributed by atoms with Gasteiger partial charge in [0.1, 0.15) is 0 Å². The van der Waals surface area contributed by atoms with Gasteiger partial charge in [0, 0.05) is 23.4 Å². The Morgan fingerprint density at radius 1 is 1.40 bits per heavy atom. The van der Waals surface area contributed by atoms with E-state index < -0.39 is 6.10 Å². The van der Waals surface area contributed by atoms with Crippen LogP contribution >= 0.6 is 23.4 Å². The summed E-state index contributed by atoms with van der Waals surface area (Å²) in [5.74, 6) is 2.42. The minimum Gasteiger partial charge on any atom is -0.389 e. The zero-order chi connectivity index (χ0) is 14.2. The lowest BCUT2D eigenvalue weighted by molar-refractivity contribution is 0.0277. The number of hydrogen-bond donors (Lipinski definition) is 2. The van der Waals surface area contributed by atoms with Gasteiger partial charge in [-0.3, -0.25) is 0 Å². The molecule has 5 heteroatoms. The number of ether oxygens (including phenoxy) is 1. The molecule has 0 aliphatic carbocycles. The van der Waals surface area contributed by atoms with E-state index in [0.29, 0.717) is 25.8 Å². The molecule has 0 saturated carbocycles. The number of aliphatic hydroxyl groups excluding tert-OH is 1. The predicted octanol–water partition coefficient (Wildman–Crippen LogP) is 2.70. The quantitative estimate of drug-likeness (QED) is 0.812. The van der Waals surface area contributed by atoms with Gasteiger partial charge in [-0.1, -0.05) is 23.7 Å². The van der Waals surface area contributed by atoms with E-state index in [4.69, 9.17) is 16.3 Å². The molecule has 1 aliphatic rings. The van der Waals surface area contributed by atoms with E-state index in [1.165, 1.54) is 18.6 Å². The highest BCUT2D eigenvalue weighted by molar-refractivity contribution is 7.99. The molecule has 2 unspecified atom stereocenters. The molecule has 3 nitrogen and oxygen atoms in total. The molecule has 2 rings (SSSR count). The lowest BCUT2D eigenvalue weighted by atomic mass is 10.2. The fourth-order valence-corrected chi connectivity index (χ4v) is 3.39. The average molecular weight is 316 g/mol. The van der Waals surface area contributed by atoms with Gasteiger partial charge in [-0.15, -0.1) is 0 Å².